The molecule has 1 aromatic carbocycles. The zero-order valence-corrected chi connectivity index (χ0v) is 20.6. The normalized spacial score (nSPS) is 14.3. The summed E-state index contributed by atoms with van der Waals surface area (Å²) in [6.45, 7) is 0. The minimum absolute atomic E-state index is 0.169. The van der Waals surface area contributed by atoms with Gasteiger partial charge in [0.1, 0.15) is 5.25 Å². The topological polar surface area (TPSA) is 91.0 Å². The zero-order chi connectivity index (χ0) is 23.0. The third-order valence-electron chi connectivity index (χ3n) is 5.14. The Labute approximate surface area is 203 Å². The maximum absolute atomic E-state index is 12.5. The van der Waals surface area contributed by atoms with Crippen molar-refractivity contribution in [2.45, 2.75) is 30.6 Å². The number of carbonyl (C=O) groups is 2. The number of amides is 1. The Bertz CT molecular complexity index is 1190. The molecule has 1 unspecified atom stereocenters. The Balaban J connectivity index is 1.61. The molecule has 2 heterocycles. The maximum atomic E-state index is 12.5. The number of esters is 1. The first-order valence-corrected chi connectivity index (χ1v) is 11.6. The summed E-state index contributed by atoms with van der Waals surface area (Å²) in [6.07, 6.45) is 5.86. The number of halogens is 2. The van der Waals surface area contributed by atoms with Crippen LogP contribution in [0, 0.1) is 0 Å². The van der Waals surface area contributed by atoms with Gasteiger partial charge in [-0.1, -0.05) is 17.7 Å². The number of aryl methyl sites for hydroxylation is 1. The fourth-order valence-corrected chi connectivity index (χ4v) is 4.44. The molecular weight excluding hydrogens is 518 g/mol. The van der Waals surface area contributed by atoms with E-state index >= 15 is 0 Å². The van der Waals surface area contributed by atoms with Crippen LogP contribution in [-0.4, -0.2) is 49.8 Å². The Morgan fingerprint density at radius 1 is 1.38 bits per heavy atom. The predicted molar refractivity (Wildman–Crippen MR) is 127 cm³/mol. The minimum Gasteiger partial charge on any atom is -0.468 e. The molecular formula is C21H21BrClN5O3S. The average molecular weight is 539 g/mol. The lowest BCUT2D eigenvalue weighted by Crippen LogP contribution is -2.25. The van der Waals surface area contributed by atoms with Crippen molar-refractivity contribution in [1.82, 2.24) is 24.9 Å². The van der Waals surface area contributed by atoms with Gasteiger partial charge in [-0.15, -0.1) is 0 Å². The number of hydrogen-bond donors (Lipinski definition) is 2. The number of nitrogens with zero attached hydrogens (tertiary/aromatic N) is 4. The van der Waals surface area contributed by atoms with Crippen LogP contribution in [0.15, 0.2) is 35.1 Å². The summed E-state index contributed by atoms with van der Waals surface area (Å²) in [5.41, 5.74) is 2.74. The van der Waals surface area contributed by atoms with Gasteiger partial charge in [-0.05, 0) is 46.5 Å². The highest BCUT2D eigenvalue weighted by molar-refractivity contribution is 9.10. The number of benzene rings is 1. The van der Waals surface area contributed by atoms with E-state index in [1.54, 1.807) is 34.7 Å². The molecule has 1 amide bonds. The van der Waals surface area contributed by atoms with Gasteiger partial charge in [0, 0.05) is 31.3 Å². The third-order valence-corrected chi connectivity index (χ3v) is 6.68. The first-order valence-electron chi connectivity index (χ1n) is 9.91. The quantitative estimate of drug-likeness (QED) is 0.354. The van der Waals surface area contributed by atoms with E-state index in [0.717, 1.165) is 24.0 Å². The van der Waals surface area contributed by atoms with E-state index in [2.05, 4.69) is 44.1 Å². The van der Waals surface area contributed by atoms with Crippen LogP contribution >= 0.6 is 40.2 Å². The summed E-state index contributed by atoms with van der Waals surface area (Å²) in [7, 11) is 3.12. The molecule has 1 aliphatic carbocycles. The van der Waals surface area contributed by atoms with Gasteiger partial charge in [-0.3, -0.25) is 9.59 Å². The van der Waals surface area contributed by atoms with Crippen LogP contribution in [0.5, 0.6) is 0 Å². The first-order chi connectivity index (χ1) is 15.3. The van der Waals surface area contributed by atoms with Crippen molar-refractivity contribution in [3.8, 4) is 16.9 Å². The molecule has 168 valence electrons. The lowest BCUT2D eigenvalue weighted by molar-refractivity contribution is -0.139. The first kappa shape index (κ1) is 22.9. The van der Waals surface area contributed by atoms with Crippen molar-refractivity contribution in [3.63, 3.8) is 0 Å². The summed E-state index contributed by atoms with van der Waals surface area (Å²) >= 11 is 14.1. The molecule has 0 aliphatic heterocycles. The number of aromatic nitrogens is 4. The second kappa shape index (κ2) is 9.29. The highest BCUT2D eigenvalue weighted by atomic mass is 79.9. The van der Waals surface area contributed by atoms with E-state index in [4.69, 9.17) is 16.3 Å². The van der Waals surface area contributed by atoms with E-state index in [0.29, 0.717) is 33.0 Å². The molecule has 0 radical (unpaired) electrons. The van der Waals surface area contributed by atoms with Crippen LogP contribution in [-0.2, 0) is 23.0 Å². The molecule has 11 heteroatoms. The lowest BCUT2D eigenvalue weighted by atomic mass is 10.1. The summed E-state index contributed by atoms with van der Waals surface area (Å²) in [4.78, 5) is 24.2. The SMILES string of the molecule is COC(=O)C(S)Cc1nn(C)c(-n2cc(-c3ccc(Cl)c(C(=O)NC4CC4)c3)cn2)c1Br. The van der Waals surface area contributed by atoms with Gasteiger partial charge in [-0.25, -0.2) is 9.36 Å². The van der Waals surface area contributed by atoms with Gasteiger partial charge in [0.15, 0.2) is 5.82 Å². The molecule has 1 aliphatic rings. The fraction of sp³-hybridized carbons (Fsp3) is 0.333. The number of rotatable bonds is 7. The number of hydrogen-bond acceptors (Lipinski definition) is 6. The largest absolute Gasteiger partial charge is 0.468 e. The predicted octanol–water partition coefficient (Wildman–Crippen LogP) is 3.59. The van der Waals surface area contributed by atoms with Crippen molar-refractivity contribution in [2.75, 3.05) is 7.11 Å². The monoisotopic (exact) mass is 537 g/mol. The Hall–Kier alpha value is -2.30. The number of ether oxygens (including phenoxy) is 1. The van der Waals surface area contributed by atoms with Gasteiger partial charge in [0.25, 0.3) is 5.91 Å². The van der Waals surface area contributed by atoms with Crippen LogP contribution in [0.2, 0.25) is 5.02 Å². The highest BCUT2D eigenvalue weighted by Gasteiger charge is 2.25. The van der Waals surface area contributed by atoms with Gasteiger partial charge >= 0.3 is 5.97 Å². The van der Waals surface area contributed by atoms with Crippen LogP contribution in [0.4, 0.5) is 0 Å². The van der Waals surface area contributed by atoms with E-state index < -0.39 is 11.2 Å². The molecule has 1 N–H and O–H groups in total. The Kier molecular flexibility index (Phi) is 6.64. The van der Waals surface area contributed by atoms with Crippen molar-refractivity contribution < 1.29 is 14.3 Å². The van der Waals surface area contributed by atoms with Gasteiger partial charge in [-0.2, -0.15) is 22.8 Å². The molecule has 8 nitrogen and oxygen atoms in total. The Morgan fingerprint density at radius 2 is 2.12 bits per heavy atom. The molecule has 0 bridgehead atoms. The standard InChI is InChI=1S/C21H21BrClN5O3S/c1-27-20(18(22)16(26-27)8-17(32)21(30)31-2)28-10-12(9-24-28)11-3-6-15(23)14(7-11)19(29)25-13-4-5-13/h3,6-7,9-10,13,17,32H,4-5,8H2,1-2H3,(H,25,29). The van der Waals surface area contributed by atoms with Crippen LogP contribution in [0.3, 0.4) is 0 Å². The molecule has 1 saturated carbocycles. The second-order valence-electron chi connectivity index (χ2n) is 7.57. The molecule has 1 atom stereocenters. The summed E-state index contributed by atoms with van der Waals surface area (Å²) in [5, 5.41) is 11.7. The van der Waals surface area contributed by atoms with E-state index in [9.17, 15) is 9.59 Å². The molecule has 0 saturated heterocycles. The van der Waals surface area contributed by atoms with Crippen molar-refractivity contribution in [1.29, 1.82) is 0 Å². The number of nitrogens with one attached hydrogen (secondary N) is 1. The summed E-state index contributed by atoms with van der Waals surface area (Å²) in [5.74, 6) is 0.105. The van der Waals surface area contributed by atoms with E-state index in [1.807, 2.05) is 12.3 Å². The van der Waals surface area contributed by atoms with Gasteiger partial charge in [0.05, 0.1) is 34.1 Å². The van der Waals surface area contributed by atoms with Crippen molar-refractivity contribution >= 4 is 52.0 Å². The van der Waals surface area contributed by atoms with Crippen LogP contribution in [0.1, 0.15) is 28.9 Å². The van der Waals surface area contributed by atoms with Crippen molar-refractivity contribution in [2.24, 2.45) is 7.05 Å². The van der Waals surface area contributed by atoms with E-state index in [-0.39, 0.29) is 11.9 Å². The number of methoxy groups -OCH3 is 1. The molecule has 4 rings (SSSR count). The average Bonchev–Trinajstić information content (AvgIpc) is 3.37. The number of thiol groups is 1. The molecule has 32 heavy (non-hydrogen) atoms. The van der Waals surface area contributed by atoms with Gasteiger partial charge < -0.3 is 10.1 Å². The maximum Gasteiger partial charge on any atom is 0.318 e. The van der Waals surface area contributed by atoms with Crippen LogP contribution in [0.25, 0.3) is 16.9 Å². The third kappa shape index (κ3) is 4.72. The minimum atomic E-state index is -0.624. The molecule has 1 fully saturated rings. The summed E-state index contributed by atoms with van der Waals surface area (Å²) in [6, 6.07) is 5.58. The van der Waals surface area contributed by atoms with Gasteiger partial charge in [0.2, 0.25) is 0 Å². The molecule has 0 spiro atoms. The summed E-state index contributed by atoms with van der Waals surface area (Å²) < 4.78 is 8.80. The van der Waals surface area contributed by atoms with Crippen molar-refractivity contribution in [3.05, 3.63) is 51.3 Å². The number of carbonyl (C=O) groups excluding carboxylic acids is 2. The van der Waals surface area contributed by atoms with E-state index in [1.165, 1.54) is 7.11 Å². The highest BCUT2D eigenvalue weighted by Crippen LogP contribution is 2.30. The zero-order valence-electron chi connectivity index (χ0n) is 17.4. The second-order valence-corrected chi connectivity index (χ2v) is 9.39. The fourth-order valence-electron chi connectivity index (χ4n) is 3.28. The smallest absolute Gasteiger partial charge is 0.318 e. The molecule has 2 aromatic heterocycles. The lowest BCUT2D eigenvalue weighted by Gasteiger charge is -2.07. The Morgan fingerprint density at radius 3 is 2.81 bits per heavy atom. The van der Waals surface area contributed by atoms with Crippen LogP contribution < -0.4 is 5.32 Å². The molecule has 3 aromatic rings.